The lowest BCUT2D eigenvalue weighted by atomic mass is 10.1. The molecule has 1 aliphatic heterocycles. The van der Waals surface area contributed by atoms with Gasteiger partial charge in [0.1, 0.15) is 11.9 Å². The molecule has 0 saturated carbocycles. The van der Waals surface area contributed by atoms with E-state index < -0.39 is 6.10 Å². The number of aliphatic hydroxyl groups is 1. The molecule has 1 aliphatic rings. The van der Waals surface area contributed by atoms with Crippen LogP contribution in [0.1, 0.15) is 18.2 Å². The molecule has 1 aromatic carbocycles. The number of aromatic nitrogens is 1. The highest BCUT2D eigenvalue weighted by Gasteiger charge is 2.27. The third-order valence-electron chi connectivity index (χ3n) is 3.67. The van der Waals surface area contributed by atoms with E-state index in [1.54, 1.807) is 11.8 Å². The van der Waals surface area contributed by atoms with E-state index in [0.29, 0.717) is 6.42 Å². The Kier molecular flexibility index (Phi) is 4.46. The van der Waals surface area contributed by atoms with Crippen LogP contribution in [0.15, 0.2) is 47.5 Å². The lowest BCUT2D eigenvalue weighted by Gasteiger charge is -2.29. The number of para-hydroxylation sites is 1. The summed E-state index contributed by atoms with van der Waals surface area (Å²) in [6.07, 6.45) is 2.67. The summed E-state index contributed by atoms with van der Waals surface area (Å²) in [5, 5.41) is 10.4. The van der Waals surface area contributed by atoms with Gasteiger partial charge in [0.15, 0.2) is 0 Å². The van der Waals surface area contributed by atoms with Crippen molar-refractivity contribution >= 4 is 11.8 Å². The van der Waals surface area contributed by atoms with Gasteiger partial charge < -0.3 is 9.84 Å². The highest BCUT2D eigenvalue weighted by Crippen LogP contribution is 2.35. The highest BCUT2D eigenvalue weighted by molar-refractivity contribution is 7.99. The van der Waals surface area contributed by atoms with E-state index in [2.05, 4.69) is 18.0 Å². The summed E-state index contributed by atoms with van der Waals surface area (Å²) in [6.45, 7) is 2.11. The molecule has 0 saturated heterocycles. The number of fused-ring (bicyclic) bond motifs is 1. The molecule has 2 atom stereocenters. The molecule has 4 heteroatoms. The fourth-order valence-electron chi connectivity index (χ4n) is 2.36. The minimum absolute atomic E-state index is 0.183. The molecule has 110 valence electrons. The van der Waals surface area contributed by atoms with Crippen molar-refractivity contribution in [3.63, 3.8) is 0 Å². The Morgan fingerprint density at radius 1 is 1.33 bits per heavy atom. The van der Waals surface area contributed by atoms with Gasteiger partial charge in [-0.1, -0.05) is 25.1 Å². The van der Waals surface area contributed by atoms with Gasteiger partial charge in [-0.2, -0.15) is 0 Å². The second-order valence-electron chi connectivity index (χ2n) is 5.20. The number of thioether (sulfide) groups is 1. The fraction of sp³-hybridized carbons (Fsp3) is 0.353. The number of rotatable bonds is 4. The van der Waals surface area contributed by atoms with Gasteiger partial charge in [0.2, 0.25) is 0 Å². The van der Waals surface area contributed by atoms with Crippen LogP contribution in [0.4, 0.5) is 0 Å². The van der Waals surface area contributed by atoms with Gasteiger partial charge >= 0.3 is 0 Å². The standard InChI is InChI=1S/C17H19NO2S/c1-2-12-7-8-13(18-10-12)9-14(19)16-11-21-17-6-4-3-5-15(17)20-16/h3-8,10,14,16,19H,2,9,11H2,1H3. The van der Waals surface area contributed by atoms with Crippen molar-refractivity contribution in [1.29, 1.82) is 0 Å². The molecular formula is C17H19NO2S. The number of hydrogen-bond donors (Lipinski definition) is 1. The van der Waals surface area contributed by atoms with E-state index in [4.69, 9.17) is 4.74 Å². The molecule has 0 bridgehead atoms. The zero-order chi connectivity index (χ0) is 14.7. The van der Waals surface area contributed by atoms with Crippen molar-refractivity contribution in [2.45, 2.75) is 36.9 Å². The molecule has 1 aromatic heterocycles. The van der Waals surface area contributed by atoms with Crippen molar-refractivity contribution in [3.8, 4) is 5.75 Å². The molecule has 3 nitrogen and oxygen atoms in total. The van der Waals surface area contributed by atoms with Crippen molar-refractivity contribution < 1.29 is 9.84 Å². The molecule has 2 aromatic rings. The van der Waals surface area contributed by atoms with E-state index in [1.807, 2.05) is 36.5 Å². The maximum Gasteiger partial charge on any atom is 0.134 e. The topological polar surface area (TPSA) is 42.4 Å². The van der Waals surface area contributed by atoms with Crippen LogP contribution >= 0.6 is 11.8 Å². The highest BCUT2D eigenvalue weighted by atomic mass is 32.2. The smallest absolute Gasteiger partial charge is 0.134 e. The molecule has 0 spiro atoms. The van der Waals surface area contributed by atoms with E-state index in [9.17, 15) is 5.11 Å². The first-order chi connectivity index (χ1) is 10.3. The van der Waals surface area contributed by atoms with Crippen LogP contribution in [0.5, 0.6) is 5.75 Å². The van der Waals surface area contributed by atoms with Crippen LogP contribution in [0.2, 0.25) is 0 Å². The van der Waals surface area contributed by atoms with Crippen molar-refractivity contribution in [2.75, 3.05) is 5.75 Å². The molecule has 2 heterocycles. The number of aryl methyl sites for hydroxylation is 1. The number of aliphatic hydroxyl groups excluding tert-OH is 1. The molecule has 0 fully saturated rings. The normalized spacial score (nSPS) is 18.7. The Morgan fingerprint density at radius 2 is 2.19 bits per heavy atom. The first kappa shape index (κ1) is 14.4. The number of ether oxygens (including phenoxy) is 1. The lowest BCUT2D eigenvalue weighted by molar-refractivity contribution is 0.0462. The van der Waals surface area contributed by atoms with Gasteiger partial charge in [0.25, 0.3) is 0 Å². The van der Waals surface area contributed by atoms with Crippen LogP contribution < -0.4 is 4.74 Å². The van der Waals surface area contributed by atoms with Crippen molar-refractivity contribution in [3.05, 3.63) is 53.9 Å². The Bertz CT molecular complexity index is 600. The maximum atomic E-state index is 10.4. The van der Waals surface area contributed by atoms with Gasteiger partial charge in [-0.3, -0.25) is 4.98 Å². The Balaban J connectivity index is 1.64. The Morgan fingerprint density at radius 3 is 2.95 bits per heavy atom. The molecule has 0 aliphatic carbocycles. The molecule has 0 radical (unpaired) electrons. The van der Waals surface area contributed by atoms with E-state index >= 15 is 0 Å². The van der Waals surface area contributed by atoms with Gasteiger partial charge in [0.05, 0.1) is 6.10 Å². The molecule has 3 rings (SSSR count). The Labute approximate surface area is 129 Å². The summed E-state index contributed by atoms with van der Waals surface area (Å²) in [6, 6.07) is 12.0. The summed E-state index contributed by atoms with van der Waals surface area (Å²) in [5.41, 5.74) is 2.12. The maximum absolute atomic E-state index is 10.4. The van der Waals surface area contributed by atoms with E-state index in [-0.39, 0.29) is 6.10 Å². The third-order valence-corrected chi connectivity index (χ3v) is 4.82. The van der Waals surface area contributed by atoms with Gasteiger partial charge in [0, 0.05) is 29.0 Å². The Hall–Kier alpha value is -1.52. The average molecular weight is 301 g/mol. The zero-order valence-corrected chi connectivity index (χ0v) is 12.8. The first-order valence-electron chi connectivity index (χ1n) is 7.26. The van der Waals surface area contributed by atoms with Crippen molar-refractivity contribution in [1.82, 2.24) is 4.98 Å². The molecular weight excluding hydrogens is 282 g/mol. The second-order valence-corrected chi connectivity index (χ2v) is 6.26. The largest absolute Gasteiger partial charge is 0.486 e. The van der Waals surface area contributed by atoms with Crippen LogP contribution in [-0.2, 0) is 12.8 Å². The van der Waals surface area contributed by atoms with Crippen molar-refractivity contribution in [2.24, 2.45) is 0 Å². The monoisotopic (exact) mass is 301 g/mol. The van der Waals surface area contributed by atoms with E-state index in [0.717, 1.165) is 28.5 Å². The first-order valence-corrected chi connectivity index (χ1v) is 8.25. The summed E-state index contributed by atoms with van der Waals surface area (Å²) in [5.74, 6) is 1.64. The quantitative estimate of drug-likeness (QED) is 0.942. The van der Waals surface area contributed by atoms with Crippen LogP contribution in [0, 0.1) is 0 Å². The average Bonchev–Trinajstić information content (AvgIpc) is 2.55. The van der Waals surface area contributed by atoms with Crippen LogP contribution in [0.25, 0.3) is 0 Å². The van der Waals surface area contributed by atoms with Crippen LogP contribution in [-0.4, -0.2) is 28.1 Å². The zero-order valence-electron chi connectivity index (χ0n) is 12.0. The predicted molar refractivity (Wildman–Crippen MR) is 84.9 cm³/mol. The molecule has 2 unspecified atom stereocenters. The molecule has 1 N–H and O–H groups in total. The minimum Gasteiger partial charge on any atom is -0.486 e. The van der Waals surface area contributed by atoms with Gasteiger partial charge in [-0.05, 0) is 30.2 Å². The number of nitrogens with zero attached hydrogens (tertiary/aromatic N) is 1. The summed E-state index contributed by atoms with van der Waals surface area (Å²) in [4.78, 5) is 5.55. The molecule has 21 heavy (non-hydrogen) atoms. The summed E-state index contributed by atoms with van der Waals surface area (Å²) >= 11 is 1.74. The third kappa shape index (κ3) is 3.39. The number of pyridine rings is 1. The number of benzene rings is 1. The van der Waals surface area contributed by atoms with Gasteiger partial charge in [-0.15, -0.1) is 11.8 Å². The number of hydrogen-bond acceptors (Lipinski definition) is 4. The minimum atomic E-state index is -0.536. The summed E-state index contributed by atoms with van der Waals surface area (Å²) in [7, 11) is 0. The van der Waals surface area contributed by atoms with Crippen LogP contribution in [0.3, 0.4) is 0 Å². The lowest BCUT2D eigenvalue weighted by Crippen LogP contribution is -2.37. The predicted octanol–water partition coefficient (Wildman–Crippen LogP) is 3.10. The van der Waals surface area contributed by atoms with Gasteiger partial charge in [-0.25, -0.2) is 0 Å². The SMILES string of the molecule is CCc1ccc(CC(O)C2CSc3ccccc3O2)nc1. The second kappa shape index (κ2) is 6.50. The molecule has 0 amide bonds. The summed E-state index contributed by atoms with van der Waals surface area (Å²) < 4.78 is 5.91. The van der Waals surface area contributed by atoms with E-state index in [1.165, 1.54) is 5.56 Å². The fourth-order valence-corrected chi connectivity index (χ4v) is 3.42.